The molecule has 0 radical (unpaired) electrons. The highest BCUT2D eigenvalue weighted by molar-refractivity contribution is 6.23. The lowest BCUT2D eigenvalue weighted by Gasteiger charge is -2.13. The van der Waals surface area contributed by atoms with E-state index in [1.165, 1.54) is 0 Å². The Hall–Kier alpha value is -1.97. The van der Waals surface area contributed by atoms with E-state index in [1.807, 2.05) is 44.2 Å². The fourth-order valence-electron chi connectivity index (χ4n) is 2.57. The number of carbonyl (C=O) groups is 3. The summed E-state index contributed by atoms with van der Waals surface area (Å²) in [7, 11) is 0. The Morgan fingerprint density at radius 3 is 2.33 bits per heavy atom. The first kappa shape index (κ1) is 15.4. The lowest BCUT2D eigenvalue weighted by Crippen LogP contribution is -2.31. The highest BCUT2D eigenvalue weighted by atomic mass is 16.6. The van der Waals surface area contributed by atoms with Crippen LogP contribution >= 0.6 is 0 Å². The number of cyclic esters (lactones) is 1. The van der Waals surface area contributed by atoms with Gasteiger partial charge in [0.2, 0.25) is 0 Å². The molecule has 0 aliphatic carbocycles. The Bertz CT molecular complexity index is 547. The Balaban J connectivity index is 2.16. The number of ketones is 2. The van der Waals surface area contributed by atoms with Gasteiger partial charge < -0.3 is 4.74 Å². The number of rotatable bonds is 5. The Labute approximate surface area is 124 Å². The van der Waals surface area contributed by atoms with Crippen molar-refractivity contribution in [2.75, 3.05) is 0 Å². The summed E-state index contributed by atoms with van der Waals surface area (Å²) in [6.45, 7) is 5.61. The van der Waals surface area contributed by atoms with Crippen molar-refractivity contribution in [3.05, 3.63) is 35.9 Å². The first-order valence-electron chi connectivity index (χ1n) is 7.24. The monoisotopic (exact) mass is 288 g/mol. The summed E-state index contributed by atoms with van der Waals surface area (Å²) in [5.41, 5.74) is 0.801. The molecule has 1 fully saturated rings. The molecule has 21 heavy (non-hydrogen) atoms. The highest BCUT2D eigenvalue weighted by Crippen LogP contribution is 2.28. The minimum Gasteiger partial charge on any atom is -0.453 e. The van der Waals surface area contributed by atoms with Crippen molar-refractivity contribution in [1.29, 1.82) is 0 Å². The summed E-state index contributed by atoms with van der Waals surface area (Å²) in [5, 5.41) is 0. The van der Waals surface area contributed by atoms with Crippen LogP contribution in [0.1, 0.15) is 38.7 Å². The average molecular weight is 288 g/mol. The van der Waals surface area contributed by atoms with Crippen LogP contribution in [0, 0.1) is 11.8 Å². The van der Waals surface area contributed by atoms with Crippen molar-refractivity contribution >= 4 is 17.5 Å². The molecule has 2 rings (SSSR count). The van der Waals surface area contributed by atoms with Crippen LogP contribution in [0.3, 0.4) is 0 Å². The summed E-state index contributed by atoms with van der Waals surface area (Å²) >= 11 is 0. The van der Waals surface area contributed by atoms with Crippen molar-refractivity contribution in [2.45, 2.75) is 39.2 Å². The van der Waals surface area contributed by atoms with Gasteiger partial charge in [0, 0.05) is 5.92 Å². The minimum absolute atomic E-state index is 0.229. The molecule has 0 saturated carbocycles. The van der Waals surface area contributed by atoms with Gasteiger partial charge in [0.1, 0.15) is 0 Å². The quantitative estimate of drug-likeness (QED) is 0.617. The van der Waals surface area contributed by atoms with Crippen molar-refractivity contribution < 1.29 is 19.1 Å². The van der Waals surface area contributed by atoms with Crippen LogP contribution in [0.4, 0.5) is 0 Å². The molecule has 0 N–H and O–H groups in total. The SMILES string of the molecule is CC(C)CC1OC(=O)C(C(=O)C(C)c2ccccc2)C1=O. The van der Waals surface area contributed by atoms with E-state index in [9.17, 15) is 14.4 Å². The molecule has 1 heterocycles. The van der Waals surface area contributed by atoms with Gasteiger partial charge in [-0.15, -0.1) is 0 Å². The molecule has 3 unspecified atom stereocenters. The predicted molar refractivity (Wildman–Crippen MR) is 77.7 cm³/mol. The zero-order chi connectivity index (χ0) is 15.6. The third kappa shape index (κ3) is 3.20. The third-order valence-corrected chi connectivity index (χ3v) is 3.79. The van der Waals surface area contributed by atoms with E-state index in [1.54, 1.807) is 6.92 Å². The molecule has 0 aromatic heterocycles. The van der Waals surface area contributed by atoms with Gasteiger partial charge in [-0.1, -0.05) is 51.1 Å². The van der Waals surface area contributed by atoms with E-state index in [2.05, 4.69) is 0 Å². The van der Waals surface area contributed by atoms with E-state index >= 15 is 0 Å². The summed E-state index contributed by atoms with van der Waals surface area (Å²) in [5.74, 6) is -2.98. The average Bonchev–Trinajstić information content (AvgIpc) is 2.72. The first-order valence-corrected chi connectivity index (χ1v) is 7.24. The summed E-state index contributed by atoms with van der Waals surface area (Å²) in [4.78, 5) is 36.6. The fraction of sp³-hybridized carbons (Fsp3) is 0.471. The standard InChI is InChI=1S/C17H20O4/c1-10(2)9-13-16(19)14(17(20)21-13)15(18)11(3)12-7-5-4-6-8-12/h4-8,10-11,13-14H,9H2,1-3H3. The molecule has 1 aliphatic rings. The molecule has 1 aromatic carbocycles. The molecule has 3 atom stereocenters. The van der Waals surface area contributed by atoms with Crippen LogP contribution in [0.15, 0.2) is 30.3 Å². The van der Waals surface area contributed by atoms with Crippen LogP contribution in [0.25, 0.3) is 0 Å². The van der Waals surface area contributed by atoms with Gasteiger partial charge in [0.05, 0.1) is 0 Å². The molecule has 1 aliphatic heterocycles. The largest absolute Gasteiger partial charge is 0.453 e. The van der Waals surface area contributed by atoms with E-state index in [0.717, 1.165) is 5.56 Å². The number of hydrogen-bond donors (Lipinski definition) is 0. The minimum atomic E-state index is -1.26. The van der Waals surface area contributed by atoms with Crippen LogP contribution in [-0.4, -0.2) is 23.6 Å². The van der Waals surface area contributed by atoms with Crippen molar-refractivity contribution in [3.8, 4) is 0 Å². The second-order valence-electron chi connectivity index (χ2n) is 5.93. The van der Waals surface area contributed by atoms with Crippen molar-refractivity contribution in [1.82, 2.24) is 0 Å². The van der Waals surface area contributed by atoms with E-state index in [-0.39, 0.29) is 17.5 Å². The molecule has 112 valence electrons. The van der Waals surface area contributed by atoms with E-state index in [4.69, 9.17) is 4.74 Å². The Morgan fingerprint density at radius 1 is 1.14 bits per heavy atom. The molecule has 4 nitrogen and oxygen atoms in total. The smallest absolute Gasteiger partial charge is 0.325 e. The zero-order valence-electron chi connectivity index (χ0n) is 12.5. The van der Waals surface area contributed by atoms with Crippen molar-refractivity contribution in [3.63, 3.8) is 0 Å². The molecule has 0 bridgehead atoms. The van der Waals surface area contributed by atoms with Gasteiger partial charge in [-0.3, -0.25) is 14.4 Å². The number of carbonyl (C=O) groups excluding carboxylic acids is 3. The predicted octanol–water partition coefficient (Wildman–Crippen LogP) is 2.52. The summed E-state index contributed by atoms with van der Waals surface area (Å²) in [6.07, 6.45) is -0.303. The van der Waals surface area contributed by atoms with Gasteiger partial charge in [-0.25, -0.2) is 0 Å². The maximum absolute atomic E-state index is 12.5. The second kappa shape index (κ2) is 6.20. The maximum Gasteiger partial charge on any atom is 0.325 e. The molecular weight excluding hydrogens is 268 g/mol. The third-order valence-electron chi connectivity index (χ3n) is 3.79. The fourth-order valence-corrected chi connectivity index (χ4v) is 2.57. The number of hydrogen-bond acceptors (Lipinski definition) is 4. The van der Waals surface area contributed by atoms with E-state index in [0.29, 0.717) is 6.42 Å². The van der Waals surface area contributed by atoms with Gasteiger partial charge in [-0.2, -0.15) is 0 Å². The Kier molecular flexibility index (Phi) is 4.56. The van der Waals surface area contributed by atoms with E-state index < -0.39 is 23.9 Å². The van der Waals surface area contributed by atoms with Gasteiger partial charge in [0.15, 0.2) is 23.6 Å². The first-order chi connectivity index (χ1) is 9.91. The molecule has 4 heteroatoms. The summed E-state index contributed by atoms with van der Waals surface area (Å²) < 4.78 is 5.09. The summed E-state index contributed by atoms with van der Waals surface area (Å²) in [6, 6.07) is 9.15. The maximum atomic E-state index is 12.5. The lowest BCUT2D eigenvalue weighted by molar-refractivity contribution is -0.147. The zero-order valence-corrected chi connectivity index (χ0v) is 12.5. The molecule has 0 spiro atoms. The van der Waals surface area contributed by atoms with Crippen LogP contribution in [0.5, 0.6) is 0 Å². The second-order valence-corrected chi connectivity index (χ2v) is 5.93. The molecule has 1 saturated heterocycles. The normalized spacial score (nSPS) is 23.2. The lowest BCUT2D eigenvalue weighted by atomic mass is 9.85. The highest BCUT2D eigenvalue weighted by Gasteiger charge is 2.48. The molecular formula is C17H20O4. The van der Waals surface area contributed by atoms with Crippen LogP contribution in [-0.2, 0) is 19.1 Å². The Morgan fingerprint density at radius 2 is 1.76 bits per heavy atom. The van der Waals surface area contributed by atoms with Gasteiger partial charge in [-0.05, 0) is 17.9 Å². The topological polar surface area (TPSA) is 60.4 Å². The number of benzene rings is 1. The molecule has 0 amide bonds. The molecule has 1 aromatic rings. The van der Waals surface area contributed by atoms with Gasteiger partial charge >= 0.3 is 5.97 Å². The number of Topliss-reactive ketones (excluding diaryl/α,β-unsaturated/α-hetero) is 2. The van der Waals surface area contributed by atoms with Gasteiger partial charge in [0.25, 0.3) is 0 Å². The number of ether oxygens (including phenoxy) is 1. The number of esters is 1. The van der Waals surface area contributed by atoms with Crippen molar-refractivity contribution in [2.24, 2.45) is 11.8 Å². The van der Waals surface area contributed by atoms with Crippen LogP contribution in [0.2, 0.25) is 0 Å². The van der Waals surface area contributed by atoms with Crippen LogP contribution < -0.4 is 0 Å².